The van der Waals surface area contributed by atoms with E-state index in [2.05, 4.69) is 10.3 Å². The third kappa shape index (κ3) is 3.46. The third-order valence-corrected chi connectivity index (χ3v) is 4.32. The summed E-state index contributed by atoms with van der Waals surface area (Å²) in [6.07, 6.45) is 0. The summed E-state index contributed by atoms with van der Waals surface area (Å²) >= 11 is 0. The highest BCUT2D eigenvalue weighted by molar-refractivity contribution is 6.14. The van der Waals surface area contributed by atoms with Crippen LogP contribution < -0.4 is 5.32 Å². The Balaban J connectivity index is 2.35. The van der Waals surface area contributed by atoms with Gasteiger partial charge in [-0.25, -0.2) is 14.6 Å². The van der Waals surface area contributed by atoms with E-state index in [9.17, 15) is 9.59 Å². The Labute approximate surface area is 157 Å². The van der Waals surface area contributed by atoms with E-state index in [1.54, 1.807) is 12.1 Å². The second kappa shape index (κ2) is 7.45. The minimum atomic E-state index is -0.664. The first-order chi connectivity index (χ1) is 13.0. The number of anilines is 2. The van der Waals surface area contributed by atoms with E-state index in [4.69, 9.17) is 9.47 Å². The molecule has 0 spiro atoms. The van der Waals surface area contributed by atoms with Crippen molar-refractivity contribution < 1.29 is 19.1 Å². The van der Waals surface area contributed by atoms with E-state index in [0.717, 1.165) is 16.8 Å². The van der Waals surface area contributed by atoms with E-state index in [1.165, 1.54) is 14.2 Å². The fourth-order valence-electron chi connectivity index (χ4n) is 2.92. The Bertz CT molecular complexity index is 1040. The molecule has 3 rings (SSSR count). The number of methoxy groups -OCH3 is 2. The molecule has 0 atom stereocenters. The summed E-state index contributed by atoms with van der Waals surface area (Å²) in [5.74, 6) is -1.04. The summed E-state index contributed by atoms with van der Waals surface area (Å²) in [5, 5.41) is 3.70. The van der Waals surface area contributed by atoms with Gasteiger partial charge in [-0.15, -0.1) is 0 Å². The minimum absolute atomic E-state index is 0.0469. The first-order valence-electron chi connectivity index (χ1n) is 8.40. The second-order valence-corrected chi connectivity index (χ2v) is 6.15. The molecule has 0 aliphatic rings. The second-order valence-electron chi connectivity index (χ2n) is 6.15. The van der Waals surface area contributed by atoms with Crippen LogP contribution in [0.1, 0.15) is 31.8 Å². The average Bonchev–Trinajstić information content (AvgIpc) is 2.67. The molecule has 1 heterocycles. The fraction of sp³-hybridized carbons (Fsp3) is 0.190. The molecule has 0 aliphatic heterocycles. The first kappa shape index (κ1) is 18.4. The number of hydrogen-bond acceptors (Lipinski definition) is 6. The Hall–Kier alpha value is -3.41. The van der Waals surface area contributed by atoms with Gasteiger partial charge in [-0.2, -0.15) is 0 Å². The molecule has 2 aromatic carbocycles. The number of esters is 2. The molecule has 6 nitrogen and oxygen atoms in total. The maximum atomic E-state index is 12.6. The van der Waals surface area contributed by atoms with E-state index < -0.39 is 11.9 Å². The first-order valence-corrected chi connectivity index (χ1v) is 8.40. The highest BCUT2D eigenvalue weighted by Crippen LogP contribution is 2.31. The molecule has 0 amide bonds. The molecule has 1 N–H and O–H groups in total. The molecule has 0 bridgehead atoms. The van der Waals surface area contributed by atoms with Crippen LogP contribution >= 0.6 is 0 Å². The van der Waals surface area contributed by atoms with Crippen LogP contribution in [-0.4, -0.2) is 31.1 Å². The molecule has 138 valence electrons. The summed E-state index contributed by atoms with van der Waals surface area (Å²) in [6, 6.07) is 13.1. The van der Waals surface area contributed by atoms with E-state index >= 15 is 0 Å². The highest BCUT2D eigenvalue weighted by Gasteiger charge is 2.27. The maximum Gasteiger partial charge on any atom is 0.342 e. The normalized spacial score (nSPS) is 10.5. The van der Waals surface area contributed by atoms with Gasteiger partial charge in [0.05, 0.1) is 25.3 Å². The van der Waals surface area contributed by atoms with Crippen LogP contribution in [0.25, 0.3) is 10.9 Å². The lowest BCUT2D eigenvalue weighted by Crippen LogP contribution is -2.16. The van der Waals surface area contributed by atoms with Crippen molar-refractivity contribution in [2.24, 2.45) is 0 Å². The number of rotatable bonds is 4. The molecule has 0 saturated carbocycles. The number of carbonyl (C=O) groups is 2. The zero-order valence-corrected chi connectivity index (χ0v) is 15.6. The van der Waals surface area contributed by atoms with E-state index in [-0.39, 0.29) is 16.9 Å². The largest absolute Gasteiger partial charge is 0.465 e. The van der Waals surface area contributed by atoms with Gasteiger partial charge in [0.2, 0.25) is 0 Å². The lowest BCUT2D eigenvalue weighted by Gasteiger charge is -2.17. The number of aryl methyl sites for hydroxylation is 2. The third-order valence-electron chi connectivity index (χ3n) is 4.32. The monoisotopic (exact) mass is 364 g/mol. The molecule has 1 aromatic heterocycles. The number of carbonyl (C=O) groups excluding carboxylic acids is 2. The average molecular weight is 364 g/mol. The molecular formula is C21H20N2O4. The molecule has 0 aliphatic carbocycles. The summed E-state index contributed by atoms with van der Waals surface area (Å²) in [5.41, 5.74) is 3.44. The zero-order chi connectivity index (χ0) is 19.6. The van der Waals surface area contributed by atoms with Crippen LogP contribution in [0.15, 0.2) is 42.5 Å². The van der Waals surface area contributed by atoms with Gasteiger partial charge >= 0.3 is 11.9 Å². The predicted octanol–water partition coefficient (Wildman–Crippen LogP) is 4.17. The number of hydrogen-bond donors (Lipinski definition) is 1. The number of nitrogens with one attached hydrogen (secondary N) is 1. The number of ether oxygens (including phenoxy) is 2. The van der Waals surface area contributed by atoms with Gasteiger partial charge in [0.1, 0.15) is 11.4 Å². The van der Waals surface area contributed by atoms with Crippen molar-refractivity contribution in [1.29, 1.82) is 0 Å². The van der Waals surface area contributed by atoms with Gasteiger partial charge in [-0.1, -0.05) is 29.8 Å². The number of pyridine rings is 1. The number of fused-ring (bicyclic) bond motifs is 1. The molecule has 6 heteroatoms. The quantitative estimate of drug-likeness (QED) is 0.700. The van der Waals surface area contributed by atoms with Crippen LogP contribution in [0.2, 0.25) is 0 Å². The van der Waals surface area contributed by atoms with Crippen molar-refractivity contribution in [3.05, 3.63) is 64.7 Å². The Morgan fingerprint density at radius 2 is 1.59 bits per heavy atom. The molecule has 0 fully saturated rings. The number of aromatic nitrogens is 1. The van der Waals surface area contributed by atoms with Gasteiger partial charge < -0.3 is 14.8 Å². The lowest BCUT2D eigenvalue weighted by atomic mass is 10.0. The van der Waals surface area contributed by atoms with Crippen molar-refractivity contribution in [3.63, 3.8) is 0 Å². The summed E-state index contributed by atoms with van der Waals surface area (Å²) < 4.78 is 9.88. The number of nitrogens with zero attached hydrogens (tertiary/aromatic N) is 1. The van der Waals surface area contributed by atoms with Crippen LogP contribution in [0.4, 0.5) is 11.5 Å². The highest BCUT2D eigenvalue weighted by atomic mass is 16.5. The summed E-state index contributed by atoms with van der Waals surface area (Å²) in [7, 11) is 2.54. The Kier molecular flexibility index (Phi) is 5.07. The van der Waals surface area contributed by atoms with Crippen molar-refractivity contribution in [2.45, 2.75) is 13.8 Å². The zero-order valence-electron chi connectivity index (χ0n) is 15.6. The van der Waals surface area contributed by atoms with Gasteiger partial charge in [-0.05, 0) is 37.6 Å². The van der Waals surface area contributed by atoms with Gasteiger partial charge in [-0.3, -0.25) is 0 Å². The summed E-state index contributed by atoms with van der Waals surface area (Å²) in [6.45, 7) is 3.84. The predicted molar refractivity (Wildman–Crippen MR) is 104 cm³/mol. The molecule has 0 radical (unpaired) electrons. The van der Waals surface area contributed by atoms with Gasteiger partial charge in [0, 0.05) is 11.1 Å². The number of benzene rings is 2. The topological polar surface area (TPSA) is 77.5 Å². The smallest absolute Gasteiger partial charge is 0.342 e. The maximum absolute atomic E-state index is 12.6. The van der Waals surface area contributed by atoms with Crippen LogP contribution in [0, 0.1) is 13.8 Å². The molecule has 0 saturated heterocycles. The molecule has 3 aromatic rings. The molecule has 0 unspecified atom stereocenters. The van der Waals surface area contributed by atoms with Crippen molar-refractivity contribution in [2.75, 3.05) is 19.5 Å². The Morgan fingerprint density at radius 1 is 0.926 bits per heavy atom. The van der Waals surface area contributed by atoms with Crippen LogP contribution in [0.3, 0.4) is 0 Å². The molecule has 27 heavy (non-hydrogen) atoms. The fourth-order valence-corrected chi connectivity index (χ4v) is 2.92. The van der Waals surface area contributed by atoms with Gasteiger partial charge in [0.15, 0.2) is 0 Å². The number of para-hydroxylation sites is 1. The van der Waals surface area contributed by atoms with Crippen molar-refractivity contribution in [1.82, 2.24) is 4.98 Å². The Morgan fingerprint density at radius 3 is 2.26 bits per heavy atom. The standard InChI is InChI=1S/C21H20N2O4/c1-12-9-10-16-14(11-12)17(20(24)26-3)18(21(25)27-4)19(23-16)22-15-8-6-5-7-13(15)2/h5-11H,1-4H3,(H,22,23). The van der Waals surface area contributed by atoms with Gasteiger partial charge in [0.25, 0.3) is 0 Å². The van der Waals surface area contributed by atoms with Crippen molar-refractivity contribution >= 4 is 34.3 Å². The minimum Gasteiger partial charge on any atom is -0.465 e. The van der Waals surface area contributed by atoms with E-state index in [1.807, 2.05) is 44.2 Å². The summed E-state index contributed by atoms with van der Waals surface area (Å²) in [4.78, 5) is 29.7. The molecular weight excluding hydrogens is 344 g/mol. The van der Waals surface area contributed by atoms with Crippen LogP contribution in [0.5, 0.6) is 0 Å². The lowest BCUT2D eigenvalue weighted by molar-refractivity contribution is 0.0557. The van der Waals surface area contributed by atoms with Crippen molar-refractivity contribution in [3.8, 4) is 0 Å². The van der Waals surface area contributed by atoms with E-state index in [0.29, 0.717) is 10.9 Å². The van der Waals surface area contributed by atoms with Crippen LogP contribution in [-0.2, 0) is 9.47 Å². The SMILES string of the molecule is COC(=O)c1c(Nc2ccccc2C)nc2ccc(C)cc2c1C(=O)OC.